The van der Waals surface area contributed by atoms with E-state index in [9.17, 15) is 0 Å². The highest BCUT2D eigenvalue weighted by atomic mass is 35.5. The number of hydrogen-bond donors (Lipinski definition) is 1. The van der Waals surface area contributed by atoms with Gasteiger partial charge in [0, 0.05) is 7.11 Å². The Labute approximate surface area is 102 Å². The summed E-state index contributed by atoms with van der Waals surface area (Å²) in [5, 5.41) is 4.32. The number of aryl methyl sites for hydroxylation is 1. The van der Waals surface area contributed by atoms with Gasteiger partial charge in [-0.3, -0.25) is 0 Å². The Hall–Kier alpha value is -0.730. The highest BCUT2D eigenvalue weighted by Crippen LogP contribution is 2.36. The van der Waals surface area contributed by atoms with Gasteiger partial charge in [0.25, 0.3) is 0 Å². The molecule has 1 aliphatic carbocycles. The minimum absolute atomic E-state index is 0.393. The van der Waals surface area contributed by atoms with E-state index >= 15 is 0 Å². The summed E-state index contributed by atoms with van der Waals surface area (Å²) < 4.78 is 5.24. The molecule has 1 fully saturated rings. The first-order valence-electron chi connectivity index (χ1n) is 5.73. The summed E-state index contributed by atoms with van der Waals surface area (Å²) >= 11 is 6.26. The van der Waals surface area contributed by atoms with Crippen molar-refractivity contribution in [2.24, 2.45) is 5.92 Å². The third kappa shape index (κ3) is 2.69. The zero-order valence-corrected chi connectivity index (χ0v) is 10.6. The van der Waals surface area contributed by atoms with Crippen LogP contribution in [0.4, 0.5) is 5.69 Å². The molecule has 0 aromatic heterocycles. The van der Waals surface area contributed by atoms with Gasteiger partial charge in [-0.05, 0) is 37.3 Å². The molecule has 1 saturated carbocycles. The number of halogens is 1. The molecule has 0 saturated heterocycles. The molecule has 88 valence electrons. The Kier molecular flexibility index (Phi) is 3.72. The summed E-state index contributed by atoms with van der Waals surface area (Å²) in [6, 6.07) is 6.47. The smallest absolute Gasteiger partial charge is 0.0666 e. The molecule has 0 spiro atoms. The average Bonchev–Trinajstić information content (AvgIpc) is 3.07. The third-order valence-electron chi connectivity index (χ3n) is 3.07. The van der Waals surface area contributed by atoms with Gasteiger partial charge < -0.3 is 10.1 Å². The van der Waals surface area contributed by atoms with Crippen LogP contribution < -0.4 is 5.32 Å². The number of nitrogens with one attached hydrogen (secondary N) is 1. The predicted octanol–water partition coefficient (Wildman–Crippen LogP) is 3.49. The van der Waals surface area contributed by atoms with Crippen LogP contribution in [0.25, 0.3) is 0 Å². The largest absolute Gasteiger partial charge is 0.383 e. The Balaban J connectivity index is 2.08. The zero-order valence-electron chi connectivity index (χ0n) is 9.79. The van der Waals surface area contributed by atoms with Gasteiger partial charge in [0.15, 0.2) is 0 Å². The van der Waals surface area contributed by atoms with E-state index in [1.807, 2.05) is 25.1 Å². The average molecular weight is 240 g/mol. The molecule has 0 bridgehead atoms. The van der Waals surface area contributed by atoms with Crippen LogP contribution in [0, 0.1) is 12.8 Å². The van der Waals surface area contributed by atoms with Gasteiger partial charge >= 0.3 is 0 Å². The van der Waals surface area contributed by atoms with Crippen molar-refractivity contribution in [3.05, 3.63) is 28.8 Å². The molecule has 1 atom stereocenters. The minimum Gasteiger partial charge on any atom is -0.383 e. The van der Waals surface area contributed by atoms with E-state index < -0.39 is 0 Å². The van der Waals surface area contributed by atoms with Crippen molar-refractivity contribution < 1.29 is 4.74 Å². The topological polar surface area (TPSA) is 21.3 Å². The monoisotopic (exact) mass is 239 g/mol. The molecule has 1 unspecified atom stereocenters. The molecular formula is C13H18ClNO. The van der Waals surface area contributed by atoms with E-state index in [1.54, 1.807) is 7.11 Å². The lowest BCUT2D eigenvalue weighted by Crippen LogP contribution is -2.27. The third-order valence-corrected chi connectivity index (χ3v) is 3.57. The summed E-state index contributed by atoms with van der Waals surface area (Å²) in [6.45, 7) is 2.77. The van der Waals surface area contributed by atoms with Gasteiger partial charge in [0.05, 0.1) is 23.4 Å². The van der Waals surface area contributed by atoms with E-state index in [1.165, 1.54) is 12.8 Å². The van der Waals surface area contributed by atoms with Crippen molar-refractivity contribution in [3.8, 4) is 0 Å². The normalized spacial score (nSPS) is 17.2. The summed E-state index contributed by atoms with van der Waals surface area (Å²) in [6.07, 6.45) is 2.59. The molecule has 0 radical (unpaired) electrons. The van der Waals surface area contributed by atoms with Gasteiger partial charge in [0.2, 0.25) is 0 Å². The molecule has 1 aliphatic rings. The highest BCUT2D eigenvalue weighted by molar-refractivity contribution is 6.34. The van der Waals surface area contributed by atoms with E-state index in [2.05, 4.69) is 5.32 Å². The van der Waals surface area contributed by atoms with Crippen LogP contribution in [0.3, 0.4) is 0 Å². The fraction of sp³-hybridized carbons (Fsp3) is 0.538. The van der Waals surface area contributed by atoms with Crippen LogP contribution in [0.1, 0.15) is 18.4 Å². The zero-order chi connectivity index (χ0) is 11.5. The fourth-order valence-electron chi connectivity index (χ4n) is 1.93. The molecule has 16 heavy (non-hydrogen) atoms. The van der Waals surface area contributed by atoms with E-state index in [0.29, 0.717) is 6.04 Å². The lowest BCUT2D eigenvalue weighted by molar-refractivity contribution is 0.179. The molecule has 0 aliphatic heterocycles. The van der Waals surface area contributed by atoms with Crippen molar-refractivity contribution >= 4 is 17.3 Å². The van der Waals surface area contributed by atoms with Gasteiger partial charge in [0.1, 0.15) is 0 Å². The van der Waals surface area contributed by atoms with Gasteiger partial charge in [-0.1, -0.05) is 23.7 Å². The van der Waals surface area contributed by atoms with Crippen LogP contribution in [0.15, 0.2) is 18.2 Å². The molecule has 2 nitrogen and oxygen atoms in total. The number of methoxy groups -OCH3 is 1. The van der Waals surface area contributed by atoms with Crippen molar-refractivity contribution in [1.29, 1.82) is 0 Å². The van der Waals surface area contributed by atoms with Crippen molar-refractivity contribution in [2.75, 3.05) is 19.0 Å². The van der Waals surface area contributed by atoms with E-state index in [4.69, 9.17) is 16.3 Å². The quantitative estimate of drug-likeness (QED) is 0.850. The minimum atomic E-state index is 0.393. The lowest BCUT2D eigenvalue weighted by atomic mass is 10.1. The number of ether oxygens (including phenoxy) is 1. The van der Waals surface area contributed by atoms with Crippen molar-refractivity contribution in [3.63, 3.8) is 0 Å². The van der Waals surface area contributed by atoms with Gasteiger partial charge in [-0.25, -0.2) is 0 Å². The van der Waals surface area contributed by atoms with E-state index in [0.717, 1.165) is 28.8 Å². The number of anilines is 1. The summed E-state index contributed by atoms with van der Waals surface area (Å²) in [4.78, 5) is 0. The molecule has 1 aromatic carbocycles. The van der Waals surface area contributed by atoms with Crippen LogP contribution in [-0.4, -0.2) is 19.8 Å². The maximum atomic E-state index is 6.26. The maximum Gasteiger partial charge on any atom is 0.0666 e. The standard InChI is InChI=1S/C13H18ClNO/c1-9-4-3-5-11(13(9)14)15-12(8-16-2)10-6-7-10/h3-5,10,12,15H,6-8H2,1-2H3. The second kappa shape index (κ2) is 5.07. The first-order chi connectivity index (χ1) is 7.72. The SMILES string of the molecule is COCC(Nc1cccc(C)c1Cl)C1CC1. The second-order valence-corrected chi connectivity index (χ2v) is 4.86. The Morgan fingerprint density at radius 3 is 2.88 bits per heavy atom. The molecule has 1 aromatic rings. The second-order valence-electron chi connectivity index (χ2n) is 4.48. The van der Waals surface area contributed by atoms with Gasteiger partial charge in [-0.15, -0.1) is 0 Å². The molecule has 0 amide bonds. The highest BCUT2D eigenvalue weighted by Gasteiger charge is 2.31. The van der Waals surface area contributed by atoms with Crippen LogP contribution in [-0.2, 0) is 4.74 Å². The molecule has 1 N–H and O–H groups in total. The van der Waals surface area contributed by atoms with Crippen LogP contribution in [0.2, 0.25) is 5.02 Å². The number of hydrogen-bond acceptors (Lipinski definition) is 2. The Morgan fingerprint density at radius 1 is 1.50 bits per heavy atom. The van der Waals surface area contributed by atoms with E-state index in [-0.39, 0.29) is 0 Å². The summed E-state index contributed by atoms with van der Waals surface area (Å²) in [5.41, 5.74) is 2.13. The van der Waals surface area contributed by atoms with Crippen LogP contribution in [0.5, 0.6) is 0 Å². The first-order valence-corrected chi connectivity index (χ1v) is 6.10. The van der Waals surface area contributed by atoms with Crippen LogP contribution >= 0.6 is 11.6 Å². The van der Waals surface area contributed by atoms with Crippen molar-refractivity contribution in [2.45, 2.75) is 25.8 Å². The van der Waals surface area contributed by atoms with Crippen molar-refractivity contribution in [1.82, 2.24) is 0 Å². The Morgan fingerprint density at radius 2 is 2.25 bits per heavy atom. The summed E-state index contributed by atoms with van der Waals surface area (Å²) in [5.74, 6) is 0.747. The molecule has 2 rings (SSSR count). The number of rotatable bonds is 5. The fourth-order valence-corrected chi connectivity index (χ4v) is 2.11. The Bertz CT molecular complexity index is 363. The maximum absolute atomic E-state index is 6.26. The lowest BCUT2D eigenvalue weighted by Gasteiger charge is -2.20. The predicted molar refractivity (Wildman–Crippen MR) is 68.2 cm³/mol. The molecule has 3 heteroatoms. The number of benzene rings is 1. The molecular weight excluding hydrogens is 222 g/mol. The summed E-state index contributed by atoms with van der Waals surface area (Å²) in [7, 11) is 1.74. The molecule has 0 heterocycles. The first kappa shape index (κ1) is 11.7. The van der Waals surface area contributed by atoms with Gasteiger partial charge in [-0.2, -0.15) is 0 Å².